The Hall–Kier alpha value is -1.34. The number of ether oxygens (including phenoxy) is 2. The van der Waals surface area contributed by atoms with E-state index < -0.39 is 24.9 Å². The van der Waals surface area contributed by atoms with Crippen molar-refractivity contribution in [3.05, 3.63) is 18.2 Å². The smallest absolute Gasteiger partial charge is 0.490 e. The van der Waals surface area contributed by atoms with Crippen LogP contribution >= 0.6 is 0 Å². The maximum absolute atomic E-state index is 12.5. The number of halogens is 2. The van der Waals surface area contributed by atoms with Gasteiger partial charge in [0.1, 0.15) is 0 Å². The highest BCUT2D eigenvalue weighted by molar-refractivity contribution is 6.62. The van der Waals surface area contributed by atoms with E-state index in [-0.39, 0.29) is 11.5 Å². The van der Waals surface area contributed by atoms with Gasteiger partial charge in [-0.05, 0) is 51.7 Å². The molecule has 1 saturated heterocycles. The Balaban J connectivity index is 2.27. The van der Waals surface area contributed by atoms with Crippen LogP contribution in [0.15, 0.2) is 18.2 Å². The molecule has 23 heavy (non-hydrogen) atoms. The Morgan fingerprint density at radius 1 is 1.09 bits per heavy atom. The van der Waals surface area contributed by atoms with Crippen molar-refractivity contribution >= 4 is 12.6 Å². The zero-order chi connectivity index (χ0) is 17.3. The zero-order valence-corrected chi connectivity index (χ0v) is 14.2. The number of hydrogen-bond donors (Lipinski definition) is 0. The molecular formula is C16H23BF2O4. The molecule has 0 unspecified atom stereocenters. The standard InChI is InChI=1S/C16H23BF2O4/c1-6-9-20-13-10-11(7-8-12(13)21-14(18)19)17-22-15(2,3)16(4,5)23-17/h7-8,10,14H,6,9H2,1-5H3. The normalized spacial score (nSPS) is 19.2. The van der Waals surface area contributed by atoms with Gasteiger partial charge in [0.15, 0.2) is 11.5 Å². The molecule has 1 aromatic rings. The van der Waals surface area contributed by atoms with E-state index in [2.05, 4.69) is 4.74 Å². The van der Waals surface area contributed by atoms with Crippen molar-refractivity contribution in [2.45, 2.75) is 58.9 Å². The minimum atomic E-state index is -2.90. The van der Waals surface area contributed by atoms with Crippen LogP contribution in [-0.2, 0) is 9.31 Å². The van der Waals surface area contributed by atoms with Gasteiger partial charge in [-0.15, -0.1) is 0 Å². The number of hydrogen-bond acceptors (Lipinski definition) is 4. The van der Waals surface area contributed by atoms with Crippen LogP contribution in [-0.4, -0.2) is 31.5 Å². The fourth-order valence-corrected chi connectivity index (χ4v) is 2.17. The summed E-state index contributed by atoms with van der Waals surface area (Å²) in [6.07, 6.45) is 0.759. The average Bonchev–Trinajstić information content (AvgIpc) is 2.65. The fraction of sp³-hybridized carbons (Fsp3) is 0.625. The highest BCUT2D eigenvalue weighted by Crippen LogP contribution is 2.37. The molecule has 0 bridgehead atoms. The van der Waals surface area contributed by atoms with Gasteiger partial charge in [-0.1, -0.05) is 13.0 Å². The number of benzene rings is 1. The molecule has 4 nitrogen and oxygen atoms in total. The summed E-state index contributed by atoms with van der Waals surface area (Å²) >= 11 is 0. The van der Waals surface area contributed by atoms with Crippen LogP contribution < -0.4 is 14.9 Å². The lowest BCUT2D eigenvalue weighted by atomic mass is 9.79. The van der Waals surface area contributed by atoms with Crippen molar-refractivity contribution in [2.24, 2.45) is 0 Å². The van der Waals surface area contributed by atoms with Gasteiger partial charge in [-0.2, -0.15) is 8.78 Å². The second kappa shape index (κ2) is 6.65. The van der Waals surface area contributed by atoms with Gasteiger partial charge in [0, 0.05) is 0 Å². The lowest BCUT2D eigenvalue weighted by Gasteiger charge is -2.32. The van der Waals surface area contributed by atoms with Gasteiger partial charge < -0.3 is 18.8 Å². The molecular weight excluding hydrogens is 305 g/mol. The van der Waals surface area contributed by atoms with Crippen LogP contribution in [0.1, 0.15) is 41.0 Å². The Labute approximate surface area is 136 Å². The van der Waals surface area contributed by atoms with Crippen LogP contribution in [0.25, 0.3) is 0 Å². The first-order valence-corrected chi connectivity index (χ1v) is 7.73. The lowest BCUT2D eigenvalue weighted by Crippen LogP contribution is -2.41. The van der Waals surface area contributed by atoms with Crippen LogP contribution in [0.4, 0.5) is 8.78 Å². The summed E-state index contributed by atoms with van der Waals surface area (Å²) in [5.74, 6) is 0.271. The highest BCUT2D eigenvalue weighted by Gasteiger charge is 2.51. The second-order valence-electron chi connectivity index (χ2n) is 6.52. The highest BCUT2D eigenvalue weighted by atomic mass is 19.3. The van der Waals surface area contributed by atoms with E-state index in [4.69, 9.17) is 14.0 Å². The first-order valence-electron chi connectivity index (χ1n) is 7.73. The SMILES string of the molecule is CCCOc1cc(B2OC(C)(C)C(C)(C)O2)ccc1OC(F)F. The van der Waals surface area contributed by atoms with E-state index in [1.165, 1.54) is 6.07 Å². The maximum Gasteiger partial charge on any atom is 0.494 e. The van der Waals surface area contributed by atoms with E-state index in [1.807, 2.05) is 34.6 Å². The first-order chi connectivity index (χ1) is 10.7. The molecule has 0 atom stereocenters. The van der Waals surface area contributed by atoms with Gasteiger partial charge in [-0.25, -0.2) is 0 Å². The summed E-state index contributed by atoms with van der Waals surface area (Å²) in [4.78, 5) is 0. The van der Waals surface area contributed by atoms with Crippen LogP contribution in [0, 0.1) is 0 Å². The molecule has 1 aliphatic heterocycles. The van der Waals surface area contributed by atoms with Crippen molar-refractivity contribution in [1.82, 2.24) is 0 Å². The van der Waals surface area contributed by atoms with E-state index in [0.717, 1.165) is 6.42 Å². The summed E-state index contributed by atoms with van der Waals surface area (Å²) in [5, 5.41) is 0. The third-order valence-corrected chi connectivity index (χ3v) is 4.17. The summed E-state index contributed by atoms with van der Waals surface area (Å²) < 4.78 is 47.0. The van der Waals surface area contributed by atoms with Gasteiger partial charge >= 0.3 is 13.7 Å². The van der Waals surface area contributed by atoms with E-state index in [9.17, 15) is 8.78 Å². The van der Waals surface area contributed by atoms with Gasteiger partial charge in [0.05, 0.1) is 17.8 Å². The van der Waals surface area contributed by atoms with Crippen molar-refractivity contribution < 1.29 is 27.6 Å². The van der Waals surface area contributed by atoms with Crippen molar-refractivity contribution in [2.75, 3.05) is 6.61 Å². The number of alkyl halides is 2. The van der Waals surface area contributed by atoms with Crippen molar-refractivity contribution in [1.29, 1.82) is 0 Å². The summed E-state index contributed by atoms with van der Waals surface area (Å²) in [7, 11) is -0.579. The monoisotopic (exact) mass is 328 g/mol. The molecule has 128 valence electrons. The van der Waals surface area contributed by atoms with Gasteiger partial charge in [-0.3, -0.25) is 0 Å². The predicted octanol–water partition coefficient (Wildman–Crippen LogP) is 3.38. The average molecular weight is 328 g/mol. The third kappa shape index (κ3) is 3.95. The molecule has 0 spiro atoms. The molecule has 1 aromatic carbocycles. The van der Waals surface area contributed by atoms with E-state index in [1.54, 1.807) is 12.1 Å². The number of rotatable bonds is 6. The lowest BCUT2D eigenvalue weighted by molar-refractivity contribution is -0.0514. The molecule has 1 aliphatic rings. The second-order valence-corrected chi connectivity index (χ2v) is 6.52. The largest absolute Gasteiger partial charge is 0.494 e. The topological polar surface area (TPSA) is 36.9 Å². The molecule has 1 heterocycles. The third-order valence-electron chi connectivity index (χ3n) is 4.17. The van der Waals surface area contributed by atoms with Crippen molar-refractivity contribution in [3.63, 3.8) is 0 Å². The minimum absolute atomic E-state index is 0.00807. The Bertz CT molecular complexity index is 533. The molecule has 0 radical (unpaired) electrons. The summed E-state index contributed by atoms with van der Waals surface area (Å²) in [5.41, 5.74) is -0.239. The Morgan fingerprint density at radius 3 is 2.22 bits per heavy atom. The molecule has 0 aliphatic carbocycles. The van der Waals surface area contributed by atoms with Crippen molar-refractivity contribution in [3.8, 4) is 11.5 Å². The molecule has 2 rings (SSSR count). The van der Waals surface area contributed by atoms with Crippen LogP contribution in [0.2, 0.25) is 0 Å². The quantitative estimate of drug-likeness (QED) is 0.750. The molecule has 0 amide bonds. The summed E-state index contributed by atoms with van der Waals surface area (Å²) in [6, 6.07) is 4.74. The van der Waals surface area contributed by atoms with E-state index in [0.29, 0.717) is 12.1 Å². The molecule has 7 heteroatoms. The van der Waals surface area contributed by atoms with Gasteiger partial charge in [0.25, 0.3) is 0 Å². The first kappa shape index (κ1) is 18.0. The molecule has 0 aromatic heterocycles. The maximum atomic E-state index is 12.5. The van der Waals surface area contributed by atoms with Crippen LogP contribution in [0.5, 0.6) is 11.5 Å². The van der Waals surface area contributed by atoms with Gasteiger partial charge in [0.2, 0.25) is 0 Å². The van der Waals surface area contributed by atoms with Crippen LogP contribution in [0.3, 0.4) is 0 Å². The Kier molecular flexibility index (Phi) is 5.21. The molecule has 0 saturated carbocycles. The Morgan fingerprint density at radius 2 is 1.70 bits per heavy atom. The molecule has 0 N–H and O–H groups in total. The fourth-order valence-electron chi connectivity index (χ4n) is 2.17. The minimum Gasteiger partial charge on any atom is -0.490 e. The van der Waals surface area contributed by atoms with E-state index >= 15 is 0 Å². The molecule has 1 fully saturated rings. The predicted molar refractivity (Wildman–Crippen MR) is 84.6 cm³/mol. The summed E-state index contributed by atoms with van der Waals surface area (Å²) in [6.45, 7) is 7.26. The zero-order valence-electron chi connectivity index (χ0n) is 14.2.